The maximum absolute atomic E-state index is 10.5. The number of hydrogen-bond donors (Lipinski definition) is 1. The lowest BCUT2D eigenvalue weighted by Gasteiger charge is -1.99. The first-order valence-corrected chi connectivity index (χ1v) is 12.6. The molecule has 0 bridgehead atoms. The molecule has 3 nitrogen and oxygen atoms in total. The average Bonchev–Trinajstić information content (AvgIpc) is 3.31. The van der Waals surface area contributed by atoms with Crippen molar-refractivity contribution in [1.82, 2.24) is 0 Å². The zero-order chi connectivity index (χ0) is 47.3. The second-order valence-corrected chi connectivity index (χ2v) is 1.64. The standard InChI is InChI=1S/C6H10O3.20C2H4/c1-5(2)6(8)9-4-3-7;20*1-2/h7H,1,3-4H2,2H3;20*1-2H2. The Morgan fingerprint density at radius 3 is 0.510 bits per heavy atom. The molecule has 0 heterocycles. The normalized spacial score (nSPS) is 3.22. The molecule has 0 aliphatic heterocycles. The number of carbonyl (C=O) groups is 1. The van der Waals surface area contributed by atoms with Crippen LogP contribution >= 0.6 is 0 Å². The van der Waals surface area contributed by atoms with Gasteiger partial charge >= 0.3 is 5.97 Å². The third kappa shape index (κ3) is 17300. The maximum atomic E-state index is 10.5. The minimum atomic E-state index is -0.455. The van der Waals surface area contributed by atoms with Gasteiger partial charge in [-0.3, -0.25) is 0 Å². The molecule has 0 radical (unpaired) electrons. The summed E-state index contributed by atoms with van der Waals surface area (Å²) in [6.45, 7) is 125. The lowest BCUT2D eigenvalue weighted by Crippen LogP contribution is -2.08. The van der Waals surface area contributed by atoms with E-state index in [1.807, 2.05) is 0 Å². The smallest absolute Gasteiger partial charge is 0.333 e. The number of aliphatic hydroxyl groups is 1. The van der Waals surface area contributed by atoms with Crippen molar-refractivity contribution in [2.24, 2.45) is 0 Å². The molecule has 3 heteroatoms. The first kappa shape index (κ1) is 157. The molecule has 0 atom stereocenters. The Morgan fingerprint density at radius 1 is 0.347 bits per heavy atom. The molecular formula is C46H90O3. The lowest BCUT2D eigenvalue weighted by molar-refractivity contribution is -0.139. The van der Waals surface area contributed by atoms with Crippen molar-refractivity contribution in [3.63, 3.8) is 0 Å². The van der Waals surface area contributed by atoms with Crippen molar-refractivity contribution in [2.45, 2.75) is 6.92 Å². The van der Waals surface area contributed by atoms with E-state index in [0.717, 1.165) is 0 Å². The molecule has 0 rings (SSSR count). The van der Waals surface area contributed by atoms with E-state index in [2.05, 4.69) is 274 Å². The highest BCUT2D eigenvalue weighted by Gasteiger charge is 1.99. The fourth-order valence-corrected chi connectivity index (χ4v) is 0.262. The van der Waals surface area contributed by atoms with E-state index in [1.165, 1.54) is 0 Å². The van der Waals surface area contributed by atoms with Crippen LogP contribution in [-0.2, 0) is 9.53 Å². The quantitative estimate of drug-likeness (QED) is 0.182. The molecule has 0 aliphatic carbocycles. The van der Waals surface area contributed by atoms with Gasteiger partial charge in [-0.2, -0.15) is 0 Å². The van der Waals surface area contributed by atoms with E-state index in [1.54, 1.807) is 6.92 Å². The van der Waals surface area contributed by atoms with Crippen LogP contribution in [-0.4, -0.2) is 24.3 Å². The van der Waals surface area contributed by atoms with Gasteiger partial charge in [-0.25, -0.2) is 4.79 Å². The van der Waals surface area contributed by atoms with E-state index < -0.39 is 5.97 Å². The molecule has 0 saturated heterocycles. The van der Waals surface area contributed by atoms with Crippen molar-refractivity contribution < 1.29 is 14.6 Å². The summed E-state index contributed by atoms with van der Waals surface area (Å²) in [5, 5.41) is 8.19. The van der Waals surface area contributed by atoms with Gasteiger partial charge in [0.25, 0.3) is 0 Å². The molecule has 1 N–H and O–H groups in total. The molecular weight excluding hydrogens is 601 g/mol. The fourth-order valence-electron chi connectivity index (χ4n) is 0.262. The second kappa shape index (κ2) is 7990. The second-order valence-electron chi connectivity index (χ2n) is 1.64. The summed E-state index contributed by atoms with van der Waals surface area (Å²) in [5.41, 5.74) is 0.350. The highest BCUT2D eigenvalue weighted by atomic mass is 16.5. The SMILES string of the molecule is C=C.C=C.C=C.C=C.C=C.C=C.C=C.C=C.C=C.C=C.C=C.C=C.C=C.C=C.C=C.C=C.C=C.C=C.C=C.C=C.C=C(C)C(=O)OCCO. The number of esters is 1. The first-order chi connectivity index (χ1) is 24.2. The molecule has 0 aromatic rings. The van der Waals surface area contributed by atoms with E-state index in [0.29, 0.717) is 5.57 Å². The summed E-state index contributed by atoms with van der Waals surface area (Å²) in [5.74, 6) is -0.455. The van der Waals surface area contributed by atoms with Crippen LogP contribution in [0.4, 0.5) is 0 Å². The Kier molecular flexibility index (Phi) is 25600. The van der Waals surface area contributed by atoms with Crippen LogP contribution in [0, 0.1) is 0 Å². The molecule has 0 saturated carbocycles. The summed E-state index contributed by atoms with van der Waals surface area (Å²) in [4.78, 5) is 10.5. The van der Waals surface area contributed by atoms with Gasteiger partial charge in [-0.1, -0.05) is 6.58 Å². The minimum absolute atomic E-state index is 0.0473. The van der Waals surface area contributed by atoms with Crippen LogP contribution in [0.1, 0.15) is 6.92 Å². The molecule has 0 aromatic heterocycles. The zero-order valence-electron chi connectivity index (χ0n) is 33.7. The topological polar surface area (TPSA) is 46.5 Å². The van der Waals surface area contributed by atoms with Crippen molar-refractivity contribution >= 4 is 5.97 Å². The number of rotatable bonds is 3. The van der Waals surface area contributed by atoms with Crippen molar-refractivity contribution in [2.75, 3.05) is 13.2 Å². The maximum Gasteiger partial charge on any atom is 0.333 e. The van der Waals surface area contributed by atoms with Crippen molar-refractivity contribution in [1.29, 1.82) is 0 Å². The zero-order valence-corrected chi connectivity index (χ0v) is 33.7. The monoisotopic (exact) mass is 691 g/mol. The Balaban J connectivity index is -0.00000000922. The molecule has 0 amide bonds. The summed E-state index contributed by atoms with van der Waals surface area (Å²) in [7, 11) is 0. The van der Waals surface area contributed by atoms with E-state index >= 15 is 0 Å². The third-order valence-corrected chi connectivity index (χ3v) is 0.673. The van der Waals surface area contributed by atoms with Crippen molar-refractivity contribution in [3.8, 4) is 0 Å². The van der Waals surface area contributed by atoms with Gasteiger partial charge in [0.05, 0.1) is 6.61 Å². The summed E-state index contributed by atoms with van der Waals surface area (Å²) in [6.07, 6.45) is 0. The molecule has 292 valence electrons. The fraction of sp³-hybridized carbons (Fsp3) is 0.0652. The molecule has 0 aliphatic rings. The lowest BCUT2D eigenvalue weighted by atomic mass is 10.4. The van der Waals surface area contributed by atoms with Crippen LogP contribution < -0.4 is 0 Å². The Bertz CT molecular complexity index is 281. The van der Waals surface area contributed by atoms with Gasteiger partial charge < -0.3 is 9.84 Å². The van der Waals surface area contributed by atoms with Crippen molar-refractivity contribution in [3.05, 3.63) is 275 Å². The van der Waals surface area contributed by atoms with E-state index in [-0.39, 0.29) is 13.2 Å². The van der Waals surface area contributed by atoms with Crippen LogP contribution in [0.15, 0.2) is 275 Å². The molecule has 0 spiro atoms. The first-order valence-electron chi connectivity index (χ1n) is 12.6. The van der Waals surface area contributed by atoms with Gasteiger partial charge in [-0.05, 0) is 6.92 Å². The van der Waals surface area contributed by atoms with Gasteiger partial charge in [0.1, 0.15) is 6.61 Å². The van der Waals surface area contributed by atoms with E-state index in [9.17, 15) is 4.79 Å². The van der Waals surface area contributed by atoms with Gasteiger partial charge in [0.15, 0.2) is 0 Å². The summed E-state index contributed by atoms with van der Waals surface area (Å²) in [6, 6.07) is 0. The molecule has 0 fully saturated rings. The van der Waals surface area contributed by atoms with Gasteiger partial charge in [0.2, 0.25) is 0 Å². The van der Waals surface area contributed by atoms with E-state index in [4.69, 9.17) is 5.11 Å². The van der Waals surface area contributed by atoms with Crippen LogP contribution in [0.3, 0.4) is 0 Å². The van der Waals surface area contributed by atoms with Crippen LogP contribution in [0.2, 0.25) is 0 Å². The third-order valence-electron chi connectivity index (χ3n) is 0.673. The Hall–Kier alpha value is -6.03. The number of carbonyl (C=O) groups excluding carboxylic acids is 1. The van der Waals surface area contributed by atoms with Crippen LogP contribution in [0.25, 0.3) is 0 Å². The Labute approximate surface area is 315 Å². The highest BCUT2D eigenvalue weighted by Crippen LogP contribution is 1.89. The van der Waals surface area contributed by atoms with Crippen LogP contribution in [0.5, 0.6) is 0 Å². The highest BCUT2D eigenvalue weighted by molar-refractivity contribution is 5.86. The largest absolute Gasteiger partial charge is 0.460 e. The average molecular weight is 691 g/mol. The predicted octanol–water partition coefficient (Wildman–Crippen LogP) is 16.1. The molecule has 0 unspecified atom stereocenters. The molecule has 0 aromatic carbocycles. The predicted molar refractivity (Wildman–Crippen MR) is 258 cm³/mol. The minimum Gasteiger partial charge on any atom is -0.460 e. The summed E-state index contributed by atoms with van der Waals surface area (Å²) >= 11 is 0. The van der Waals surface area contributed by atoms with Gasteiger partial charge in [0, 0.05) is 5.57 Å². The number of ether oxygens (including phenoxy) is 1. The Morgan fingerprint density at radius 2 is 0.449 bits per heavy atom. The summed E-state index contributed by atoms with van der Waals surface area (Å²) < 4.78 is 4.46. The number of aliphatic hydroxyl groups excluding tert-OH is 1. The molecule has 49 heavy (non-hydrogen) atoms. The number of hydrogen-bond acceptors (Lipinski definition) is 3. The van der Waals surface area contributed by atoms with Gasteiger partial charge in [-0.15, -0.1) is 263 Å².